The molecule has 0 bridgehead atoms. The Labute approximate surface area is 106 Å². The standard InChI is InChI=1S/C13H18N4O/c1-17(9-5-3-2-4-6-9)11-8-7-10(14)12-13(11)16-18-15-12/h7-9H,2-6,14H2,1H3. The van der Waals surface area contributed by atoms with Crippen molar-refractivity contribution in [1.82, 2.24) is 10.3 Å². The minimum atomic E-state index is 0.585. The van der Waals surface area contributed by atoms with Gasteiger partial charge in [-0.15, -0.1) is 0 Å². The Morgan fingerprint density at radius 1 is 1.17 bits per heavy atom. The molecule has 0 spiro atoms. The van der Waals surface area contributed by atoms with Crippen molar-refractivity contribution in [2.75, 3.05) is 17.7 Å². The largest absolute Gasteiger partial charge is 0.397 e. The SMILES string of the molecule is CN(c1ccc(N)c2nonc12)C1CCCCC1. The van der Waals surface area contributed by atoms with Crippen molar-refractivity contribution in [3.05, 3.63) is 12.1 Å². The first-order valence-electron chi connectivity index (χ1n) is 6.51. The molecule has 1 aliphatic carbocycles. The highest BCUT2D eigenvalue weighted by Gasteiger charge is 2.21. The van der Waals surface area contributed by atoms with Gasteiger partial charge in [-0.2, -0.15) is 0 Å². The summed E-state index contributed by atoms with van der Waals surface area (Å²) < 4.78 is 4.82. The first-order chi connectivity index (χ1) is 8.77. The van der Waals surface area contributed by atoms with Gasteiger partial charge in [-0.3, -0.25) is 0 Å². The maximum atomic E-state index is 5.87. The Morgan fingerprint density at radius 3 is 2.67 bits per heavy atom. The van der Waals surface area contributed by atoms with E-state index in [1.807, 2.05) is 12.1 Å². The van der Waals surface area contributed by atoms with Crippen LogP contribution in [0.25, 0.3) is 11.0 Å². The summed E-state index contributed by atoms with van der Waals surface area (Å²) in [5, 5.41) is 7.86. The highest BCUT2D eigenvalue weighted by Crippen LogP contribution is 2.32. The summed E-state index contributed by atoms with van der Waals surface area (Å²) in [7, 11) is 2.12. The van der Waals surface area contributed by atoms with Gasteiger partial charge in [-0.25, -0.2) is 4.63 Å². The molecule has 5 heteroatoms. The van der Waals surface area contributed by atoms with Crippen LogP contribution in [0.3, 0.4) is 0 Å². The van der Waals surface area contributed by atoms with Crippen LogP contribution >= 0.6 is 0 Å². The van der Waals surface area contributed by atoms with Crippen LogP contribution in [0, 0.1) is 0 Å². The predicted octanol–water partition coefficient (Wildman–Crippen LogP) is 2.57. The summed E-state index contributed by atoms with van der Waals surface area (Å²) in [6.45, 7) is 0. The van der Waals surface area contributed by atoms with Gasteiger partial charge in [0.15, 0.2) is 11.0 Å². The van der Waals surface area contributed by atoms with Crippen LogP contribution in [-0.2, 0) is 0 Å². The molecule has 3 rings (SSSR count). The fraction of sp³-hybridized carbons (Fsp3) is 0.538. The molecule has 0 saturated heterocycles. The Kier molecular flexibility index (Phi) is 2.81. The molecule has 0 amide bonds. The highest BCUT2D eigenvalue weighted by atomic mass is 16.6. The van der Waals surface area contributed by atoms with Crippen LogP contribution in [0.15, 0.2) is 16.8 Å². The number of benzene rings is 1. The monoisotopic (exact) mass is 246 g/mol. The van der Waals surface area contributed by atoms with Crippen LogP contribution in [0.1, 0.15) is 32.1 Å². The lowest BCUT2D eigenvalue weighted by Gasteiger charge is -2.32. The summed E-state index contributed by atoms with van der Waals surface area (Å²) in [5.74, 6) is 0. The quantitative estimate of drug-likeness (QED) is 0.825. The lowest BCUT2D eigenvalue weighted by atomic mass is 9.94. The van der Waals surface area contributed by atoms with Gasteiger partial charge in [0.05, 0.1) is 11.4 Å². The van der Waals surface area contributed by atoms with Gasteiger partial charge >= 0.3 is 0 Å². The lowest BCUT2D eigenvalue weighted by molar-refractivity contribution is 0.315. The van der Waals surface area contributed by atoms with E-state index >= 15 is 0 Å². The number of hydrogen-bond donors (Lipinski definition) is 1. The van der Waals surface area contributed by atoms with Crippen LogP contribution < -0.4 is 10.6 Å². The molecule has 2 N–H and O–H groups in total. The summed E-state index contributed by atoms with van der Waals surface area (Å²) in [4.78, 5) is 2.30. The van der Waals surface area contributed by atoms with Crippen LogP contribution in [0.2, 0.25) is 0 Å². The number of anilines is 2. The third-order valence-electron chi connectivity index (χ3n) is 3.93. The second-order valence-corrected chi connectivity index (χ2v) is 5.04. The molecule has 0 atom stereocenters. The zero-order chi connectivity index (χ0) is 12.5. The minimum Gasteiger partial charge on any atom is -0.397 e. The summed E-state index contributed by atoms with van der Waals surface area (Å²) >= 11 is 0. The first kappa shape index (κ1) is 11.3. The van der Waals surface area contributed by atoms with E-state index in [9.17, 15) is 0 Å². The van der Waals surface area contributed by atoms with Crippen molar-refractivity contribution in [2.24, 2.45) is 0 Å². The third-order valence-corrected chi connectivity index (χ3v) is 3.93. The molecular weight excluding hydrogens is 228 g/mol. The summed E-state index contributed by atoms with van der Waals surface area (Å²) in [5.41, 5.74) is 8.98. The molecule has 5 nitrogen and oxygen atoms in total. The fourth-order valence-electron chi connectivity index (χ4n) is 2.82. The molecular formula is C13H18N4O. The Hall–Kier alpha value is -1.78. The van der Waals surface area contributed by atoms with Crippen molar-refractivity contribution < 1.29 is 4.63 Å². The number of nitrogens with two attached hydrogens (primary N) is 1. The third kappa shape index (κ3) is 1.79. The molecule has 1 saturated carbocycles. The van der Waals surface area contributed by atoms with E-state index in [0.29, 0.717) is 17.2 Å². The van der Waals surface area contributed by atoms with Crippen molar-refractivity contribution >= 4 is 22.4 Å². The smallest absolute Gasteiger partial charge is 0.160 e. The molecule has 18 heavy (non-hydrogen) atoms. The number of fused-ring (bicyclic) bond motifs is 1. The zero-order valence-electron chi connectivity index (χ0n) is 10.6. The van der Waals surface area contributed by atoms with E-state index in [-0.39, 0.29) is 0 Å². The Bertz CT molecular complexity index is 545. The van der Waals surface area contributed by atoms with Crippen molar-refractivity contribution in [1.29, 1.82) is 0 Å². The number of nitrogens with zero attached hydrogens (tertiary/aromatic N) is 3. The molecule has 1 aromatic carbocycles. The van der Waals surface area contributed by atoms with E-state index in [0.717, 1.165) is 11.2 Å². The number of nitrogen functional groups attached to an aromatic ring is 1. The highest BCUT2D eigenvalue weighted by molar-refractivity contribution is 5.95. The van der Waals surface area contributed by atoms with Crippen LogP contribution in [0.5, 0.6) is 0 Å². The van der Waals surface area contributed by atoms with Crippen molar-refractivity contribution in [3.63, 3.8) is 0 Å². The van der Waals surface area contributed by atoms with Gasteiger partial charge < -0.3 is 10.6 Å². The molecule has 2 aromatic rings. The van der Waals surface area contributed by atoms with Gasteiger partial charge in [-0.1, -0.05) is 19.3 Å². The fourth-order valence-corrected chi connectivity index (χ4v) is 2.82. The minimum absolute atomic E-state index is 0.585. The van der Waals surface area contributed by atoms with Gasteiger partial charge in [0.1, 0.15) is 0 Å². The molecule has 0 unspecified atom stereocenters. The predicted molar refractivity (Wildman–Crippen MR) is 71.5 cm³/mol. The number of hydrogen-bond acceptors (Lipinski definition) is 5. The molecule has 96 valence electrons. The van der Waals surface area contributed by atoms with Crippen molar-refractivity contribution in [2.45, 2.75) is 38.1 Å². The molecule has 0 radical (unpaired) electrons. The second kappa shape index (κ2) is 4.48. The van der Waals surface area contributed by atoms with E-state index in [2.05, 4.69) is 22.3 Å². The average Bonchev–Trinajstić information content (AvgIpc) is 2.90. The van der Waals surface area contributed by atoms with Crippen LogP contribution in [-0.4, -0.2) is 23.4 Å². The first-order valence-corrected chi connectivity index (χ1v) is 6.51. The van der Waals surface area contributed by atoms with Gasteiger partial charge in [0.25, 0.3) is 0 Å². The maximum absolute atomic E-state index is 5.87. The van der Waals surface area contributed by atoms with E-state index in [4.69, 9.17) is 10.4 Å². The maximum Gasteiger partial charge on any atom is 0.160 e. The van der Waals surface area contributed by atoms with E-state index < -0.39 is 0 Å². The number of rotatable bonds is 2. The van der Waals surface area contributed by atoms with E-state index in [1.54, 1.807) is 0 Å². The summed E-state index contributed by atoms with van der Waals surface area (Å²) in [6, 6.07) is 4.47. The zero-order valence-corrected chi connectivity index (χ0v) is 10.6. The van der Waals surface area contributed by atoms with Gasteiger partial charge in [0, 0.05) is 13.1 Å². The average molecular weight is 246 g/mol. The molecule has 0 aliphatic heterocycles. The number of aromatic nitrogens is 2. The van der Waals surface area contributed by atoms with Gasteiger partial charge in [0.2, 0.25) is 0 Å². The normalized spacial score (nSPS) is 17.2. The Morgan fingerprint density at radius 2 is 1.89 bits per heavy atom. The Balaban J connectivity index is 1.98. The summed E-state index contributed by atoms with van der Waals surface area (Å²) in [6.07, 6.45) is 6.46. The van der Waals surface area contributed by atoms with Crippen LogP contribution in [0.4, 0.5) is 11.4 Å². The molecule has 1 fully saturated rings. The molecule has 1 aliphatic rings. The lowest BCUT2D eigenvalue weighted by Crippen LogP contribution is -2.33. The van der Waals surface area contributed by atoms with Gasteiger partial charge in [-0.05, 0) is 35.3 Å². The molecule has 1 aromatic heterocycles. The topological polar surface area (TPSA) is 68.2 Å². The van der Waals surface area contributed by atoms with E-state index in [1.165, 1.54) is 32.1 Å². The van der Waals surface area contributed by atoms with Crippen molar-refractivity contribution in [3.8, 4) is 0 Å². The molecule has 1 heterocycles. The second-order valence-electron chi connectivity index (χ2n) is 5.04.